The number of fused-ring (bicyclic) bond motifs is 1. The second-order valence-electron chi connectivity index (χ2n) is 4.18. The molecule has 6 heteroatoms. The van der Waals surface area contributed by atoms with Crippen molar-refractivity contribution in [1.29, 1.82) is 0 Å². The summed E-state index contributed by atoms with van der Waals surface area (Å²) in [6.07, 6.45) is 2.39. The second kappa shape index (κ2) is 4.24. The number of hydrogen-bond acceptors (Lipinski definition) is 5. The van der Waals surface area contributed by atoms with E-state index in [1.54, 1.807) is 18.3 Å². The first-order valence-electron chi connectivity index (χ1n) is 5.99. The van der Waals surface area contributed by atoms with Crippen LogP contribution in [0.5, 0.6) is 0 Å². The van der Waals surface area contributed by atoms with E-state index in [1.807, 2.05) is 19.1 Å². The summed E-state index contributed by atoms with van der Waals surface area (Å²) in [7, 11) is 0. The fourth-order valence-corrected chi connectivity index (χ4v) is 1.96. The number of anilines is 1. The van der Waals surface area contributed by atoms with E-state index in [0.717, 1.165) is 16.8 Å². The molecule has 0 saturated heterocycles. The smallest absolute Gasteiger partial charge is 0.196 e. The maximum absolute atomic E-state index is 10.2. The second-order valence-corrected chi connectivity index (χ2v) is 4.18. The van der Waals surface area contributed by atoms with Gasteiger partial charge in [0.15, 0.2) is 11.5 Å². The molecule has 96 valence electrons. The number of imidazole rings is 1. The van der Waals surface area contributed by atoms with Crippen LogP contribution in [-0.2, 0) is 6.42 Å². The zero-order chi connectivity index (χ0) is 13.4. The fourth-order valence-electron chi connectivity index (χ4n) is 1.96. The van der Waals surface area contributed by atoms with Crippen LogP contribution in [0.25, 0.3) is 22.6 Å². The topological polar surface area (TPSA) is 89.8 Å². The van der Waals surface area contributed by atoms with Crippen molar-refractivity contribution in [3.05, 3.63) is 36.2 Å². The van der Waals surface area contributed by atoms with E-state index < -0.39 is 0 Å². The van der Waals surface area contributed by atoms with Crippen molar-refractivity contribution in [1.82, 2.24) is 19.7 Å². The molecule has 3 aromatic rings. The lowest BCUT2D eigenvalue weighted by atomic mass is 10.2. The predicted molar refractivity (Wildman–Crippen MR) is 71.7 cm³/mol. The van der Waals surface area contributed by atoms with Gasteiger partial charge in [-0.2, -0.15) is 0 Å². The fraction of sp³-hybridized carbons (Fsp3) is 0.154. The number of nitrogens with two attached hydrogens (primary N) is 1. The zero-order valence-electron chi connectivity index (χ0n) is 10.4. The van der Waals surface area contributed by atoms with Gasteiger partial charge in [0, 0.05) is 11.9 Å². The lowest BCUT2D eigenvalue weighted by molar-refractivity contribution is 0.201. The van der Waals surface area contributed by atoms with Gasteiger partial charge < -0.3 is 10.9 Å². The van der Waals surface area contributed by atoms with Gasteiger partial charge in [0.05, 0.1) is 5.56 Å². The Labute approximate surface area is 109 Å². The highest BCUT2D eigenvalue weighted by atomic mass is 16.5. The molecular weight excluding hydrogens is 242 g/mol. The van der Waals surface area contributed by atoms with Crippen molar-refractivity contribution in [3.8, 4) is 11.4 Å². The van der Waals surface area contributed by atoms with Crippen molar-refractivity contribution in [2.75, 3.05) is 5.73 Å². The van der Waals surface area contributed by atoms with Crippen LogP contribution in [0.15, 0.2) is 30.5 Å². The summed E-state index contributed by atoms with van der Waals surface area (Å²) in [6.45, 7) is 2.01. The van der Waals surface area contributed by atoms with Crippen LogP contribution >= 0.6 is 0 Å². The Bertz CT molecular complexity index is 750. The molecule has 0 amide bonds. The minimum Gasteiger partial charge on any atom is -0.425 e. The molecule has 0 bridgehead atoms. The number of nitrogens with zero attached hydrogens (tertiary/aromatic N) is 4. The van der Waals surface area contributed by atoms with Crippen LogP contribution in [0.4, 0.5) is 5.82 Å². The quantitative estimate of drug-likeness (QED) is 0.682. The Morgan fingerprint density at radius 3 is 2.84 bits per heavy atom. The highest BCUT2D eigenvalue weighted by Gasteiger charge is 2.15. The third kappa shape index (κ3) is 1.77. The third-order valence-corrected chi connectivity index (χ3v) is 2.98. The standard InChI is InChI=1S/C13H13N5O/c1-2-8-5-6-10-13(16-8)18(19)12(17-10)9-4-3-7-15-11(9)14/h3-7,19H,2H2,1H3,(H2,14,15). The van der Waals surface area contributed by atoms with E-state index in [-0.39, 0.29) is 0 Å². The summed E-state index contributed by atoms with van der Waals surface area (Å²) in [4.78, 5) is 12.7. The number of rotatable bonds is 2. The van der Waals surface area contributed by atoms with Gasteiger partial charge in [0.1, 0.15) is 11.3 Å². The SMILES string of the molecule is CCc1ccc2nc(-c3cccnc3N)n(O)c2n1. The maximum atomic E-state index is 10.2. The molecule has 0 saturated carbocycles. The van der Waals surface area contributed by atoms with Crippen LogP contribution in [0.1, 0.15) is 12.6 Å². The van der Waals surface area contributed by atoms with Gasteiger partial charge in [-0.3, -0.25) is 0 Å². The highest BCUT2D eigenvalue weighted by molar-refractivity contribution is 5.79. The summed E-state index contributed by atoms with van der Waals surface area (Å²) < 4.78 is 0.960. The minimum absolute atomic E-state index is 0.323. The van der Waals surface area contributed by atoms with Crippen LogP contribution in [0.3, 0.4) is 0 Å². The van der Waals surface area contributed by atoms with Crippen molar-refractivity contribution in [3.63, 3.8) is 0 Å². The van der Waals surface area contributed by atoms with Crippen LogP contribution in [0, 0.1) is 0 Å². The molecule has 0 aliphatic rings. The normalized spacial score (nSPS) is 11.0. The molecular formula is C13H13N5O. The van der Waals surface area contributed by atoms with E-state index in [0.29, 0.717) is 28.4 Å². The number of nitrogen functional groups attached to an aromatic ring is 1. The first-order valence-corrected chi connectivity index (χ1v) is 5.99. The van der Waals surface area contributed by atoms with Crippen LogP contribution < -0.4 is 5.73 Å². The molecule has 3 heterocycles. The van der Waals surface area contributed by atoms with Gasteiger partial charge in [-0.25, -0.2) is 15.0 Å². The Balaban J connectivity index is 2.26. The van der Waals surface area contributed by atoms with E-state index in [9.17, 15) is 5.21 Å². The number of pyridine rings is 2. The van der Waals surface area contributed by atoms with E-state index >= 15 is 0 Å². The molecule has 0 unspecified atom stereocenters. The first-order chi connectivity index (χ1) is 9.20. The van der Waals surface area contributed by atoms with Gasteiger partial charge in [-0.05, 0) is 30.7 Å². The molecule has 3 rings (SSSR count). The Morgan fingerprint density at radius 2 is 2.11 bits per heavy atom. The van der Waals surface area contributed by atoms with Crippen LogP contribution in [-0.4, -0.2) is 24.9 Å². The summed E-state index contributed by atoms with van der Waals surface area (Å²) in [5, 5.41) is 10.2. The molecule has 0 aliphatic carbocycles. The molecule has 6 nitrogen and oxygen atoms in total. The van der Waals surface area contributed by atoms with Gasteiger partial charge in [-0.1, -0.05) is 6.92 Å². The highest BCUT2D eigenvalue weighted by Crippen LogP contribution is 2.25. The van der Waals surface area contributed by atoms with Crippen molar-refractivity contribution >= 4 is 17.0 Å². The van der Waals surface area contributed by atoms with Gasteiger partial charge >= 0.3 is 0 Å². The Kier molecular flexibility index (Phi) is 2.56. The van der Waals surface area contributed by atoms with Crippen LogP contribution in [0.2, 0.25) is 0 Å². The lowest BCUT2D eigenvalue weighted by Gasteiger charge is -2.02. The monoisotopic (exact) mass is 255 g/mol. The molecule has 19 heavy (non-hydrogen) atoms. The number of aromatic nitrogens is 4. The molecule has 0 atom stereocenters. The van der Waals surface area contributed by atoms with Gasteiger partial charge in [0.25, 0.3) is 0 Å². The maximum Gasteiger partial charge on any atom is 0.196 e. The lowest BCUT2D eigenvalue weighted by Crippen LogP contribution is -2.00. The van der Waals surface area contributed by atoms with E-state index in [4.69, 9.17) is 5.73 Å². The molecule has 3 N–H and O–H groups in total. The average molecular weight is 255 g/mol. The van der Waals surface area contributed by atoms with E-state index in [2.05, 4.69) is 15.0 Å². The van der Waals surface area contributed by atoms with E-state index in [1.165, 1.54) is 0 Å². The average Bonchev–Trinajstić information content (AvgIpc) is 2.76. The molecule has 0 aliphatic heterocycles. The Hall–Kier alpha value is -2.63. The predicted octanol–water partition coefficient (Wildman–Crippen LogP) is 1.88. The van der Waals surface area contributed by atoms with Gasteiger partial charge in [0.2, 0.25) is 0 Å². The first kappa shape index (κ1) is 11.5. The molecule has 0 aromatic carbocycles. The largest absolute Gasteiger partial charge is 0.425 e. The summed E-state index contributed by atoms with van der Waals surface area (Å²) in [5.74, 6) is 0.671. The minimum atomic E-state index is 0.323. The van der Waals surface area contributed by atoms with Crippen molar-refractivity contribution < 1.29 is 5.21 Å². The summed E-state index contributed by atoms with van der Waals surface area (Å²) in [5.41, 5.74) is 8.34. The molecule has 0 spiro atoms. The third-order valence-electron chi connectivity index (χ3n) is 2.98. The summed E-state index contributed by atoms with van der Waals surface area (Å²) >= 11 is 0. The number of hydrogen-bond donors (Lipinski definition) is 2. The van der Waals surface area contributed by atoms with Crippen molar-refractivity contribution in [2.24, 2.45) is 0 Å². The van der Waals surface area contributed by atoms with Crippen molar-refractivity contribution in [2.45, 2.75) is 13.3 Å². The molecule has 3 aromatic heterocycles. The Morgan fingerprint density at radius 1 is 1.26 bits per heavy atom. The molecule has 0 fully saturated rings. The number of aryl methyl sites for hydroxylation is 1. The van der Waals surface area contributed by atoms with Gasteiger partial charge in [-0.15, -0.1) is 4.73 Å². The molecule has 0 radical (unpaired) electrons. The zero-order valence-corrected chi connectivity index (χ0v) is 10.4. The summed E-state index contributed by atoms with van der Waals surface area (Å²) in [6, 6.07) is 7.24.